The highest BCUT2D eigenvalue weighted by Gasteiger charge is 2.30. The first-order valence-electron chi connectivity index (χ1n) is 15.7. The van der Waals surface area contributed by atoms with Crippen LogP contribution < -0.4 is 22.1 Å². The van der Waals surface area contributed by atoms with Crippen LogP contribution in [0, 0.1) is 11.8 Å². The molecule has 0 radical (unpaired) electrons. The molecule has 1 saturated carbocycles. The summed E-state index contributed by atoms with van der Waals surface area (Å²) in [7, 11) is 0. The molecule has 1 aromatic heterocycles. The summed E-state index contributed by atoms with van der Waals surface area (Å²) < 4.78 is 1.82. The van der Waals surface area contributed by atoms with Crippen molar-refractivity contribution in [2.24, 2.45) is 17.6 Å². The van der Waals surface area contributed by atoms with Crippen molar-refractivity contribution in [3.05, 3.63) is 82.8 Å². The van der Waals surface area contributed by atoms with Crippen LogP contribution in [-0.2, 0) is 11.2 Å². The van der Waals surface area contributed by atoms with Crippen molar-refractivity contribution < 1.29 is 9.59 Å². The monoisotopic (exact) mass is 582 g/mol. The maximum Gasteiger partial charge on any atom is 0.326 e. The maximum absolute atomic E-state index is 13.7. The molecule has 0 bridgehead atoms. The molecule has 9 heteroatoms. The van der Waals surface area contributed by atoms with Crippen molar-refractivity contribution >= 4 is 33.7 Å². The maximum atomic E-state index is 13.7. The van der Waals surface area contributed by atoms with Gasteiger partial charge in [-0.3, -0.25) is 9.36 Å². The second-order valence-electron chi connectivity index (χ2n) is 12.3. The summed E-state index contributed by atoms with van der Waals surface area (Å²) in [5.41, 5.74) is 8.55. The largest absolute Gasteiger partial charge is 0.354 e. The summed E-state index contributed by atoms with van der Waals surface area (Å²) in [5, 5.41) is 8.44. The molecule has 2 fully saturated rings. The number of para-hydroxylation sites is 2. The quantitative estimate of drug-likeness (QED) is 0.247. The first-order chi connectivity index (χ1) is 21.0. The number of piperidine rings is 1. The Bertz CT molecular complexity index is 1630. The number of aromatic amines is 1. The number of likely N-dealkylation sites (tertiary alicyclic amines) is 1. The van der Waals surface area contributed by atoms with Crippen LogP contribution >= 0.6 is 0 Å². The molecule has 3 aromatic carbocycles. The number of hydrogen-bond donors (Lipinski definition) is 4. The van der Waals surface area contributed by atoms with E-state index in [1.54, 1.807) is 4.90 Å². The fourth-order valence-electron chi connectivity index (χ4n) is 7.07. The number of amides is 3. The van der Waals surface area contributed by atoms with Crippen molar-refractivity contribution in [3.63, 3.8) is 0 Å². The van der Waals surface area contributed by atoms with Gasteiger partial charge >= 0.3 is 11.7 Å². The molecule has 226 valence electrons. The van der Waals surface area contributed by atoms with Gasteiger partial charge in [-0.15, -0.1) is 0 Å². The second kappa shape index (κ2) is 13.0. The van der Waals surface area contributed by atoms with E-state index in [0.717, 1.165) is 53.1 Å². The number of nitrogens with two attached hydrogens (primary N) is 1. The van der Waals surface area contributed by atoms with Gasteiger partial charge < -0.3 is 26.3 Å². The lowest BCUT2D eigenvalue weighted by molar-refractivity contribution is -0.123. The minimum Gasteiger partial charge on any atom is -0.354 e. The fourth-order valence-corrected chi connectivity index (χ4v) is 7.07. The topological polar surface area (TPSA) is 125 Å². The van der Waals surface area contributed by atoms with Crippen LogP contribution in [0.2, 0.25) is 0 Å². The number of imidazole rings is 1. The van der Waals surface area contributed by atoms with Gasteiger partial charge in [0, 0.05) is 32.1 Å². The van der Waals surface area contributed by atoms with Crippen molar-refractivity contribution in [1.82, 2.24) is 25.1 Å². The Labute approximate surface area is 251 Å². The molecular formula is C34H42N6O3. The number of H-pyrrole nitrogens is 1. The summed E-state index contributed by atoms with van der Waals surface area (Å²) in [6.07, 6.45) is 6.15. The predicted octanol–water partition coefficient (Wildman–Crippen LogP) is 4.32. The highest BCUT2D eigenvalue weighted by atomic mass is 16.2. The summed E-state index contributed by atoms with van der Waals surface area (Å²) in [6.45, 7) is 2.30. The molecule has 3 unspecified atom stereocenters. The van der Waals surface area contributed by atoms with E-state index in [1.807, 2.05) is 53.1 Å². The van der Waals surface area contributed by atoms with E-state index in [1.165, 1.54) is 0 Å². The van der Waals surface area contributed by atoms with E-state index >= 15 is 0 Å². The number of rotatable bonds is 8. The SMILES string of the molecule is NCC1CCCC(CNC(=O)C(Cc2cccc3ccccc23)NC(=O)N2CCC(n3c(=O)[nH]c4ccccc43)CC2)C1. The Morgan fingerprint density at radius 3 is 2.51 bits per heavy atom. The van der Waals surface area contributed by atoms with Crippen molar-refractivity contribution in [2.45, 2.75) is 57.0 Å². The van der Waals surface area contributed by atoms with Gasteiger partial charge in [0.25, 0.3) is 0 Å². The highest BCUT2D eigenvalue weighted by molar-refractivity contribution is 5.90. The van der Waals surface area contributed by atoms with E-state index in [4.69, 9.17) is 5.73 Å². The van der Waals surface area contributed by atoms with Crippen LogP contribution in [0.15, 0.2) is 71.5 Å². The van der Waals surface area contributed by atoms with Crippen LogP contribution in [0.25, 0.3) is 21.8 Å². The van der Waals surface area contributed by atoms with Gasteiger partial charge in [-0.1, -0.05) is 61.0 Å². The number of hydrogen-bond acceptors (Lipinski definition) is 4. The minimum absolute atomic E-state index is 0.00955. The smallest absolute Gasteiger partial charge is 0.326 e. The summed E-state index contributed by atoms with van der Waals surface area (Å²) >= 11 is 0. The zero-order valence-electron chi connectivity index (χ0n) is 24.6. The Hall–Kier alpha value is -4.11. The lowest BCUT2D eigenvalue weighted by Crippen LogP contribution is -2.54. The van der Waals surface area contributed by atoms with Gasteiger partial charge in [-0.25, -0.2) is 9.59 Å². The molecule has 2 heterocycles. The van der Waals surface area contributed by atoms with Crippen LogP contribution in [-0.4, -0.2) is 58.6 Å². The third-order valence-electron chi connectivity index (χ3n) is 9.45. The van der Waals surface area contributed by atoms with Crippen LogP contribution in [0.3, 0.4) is 0 Å². The predicted molar refractivity (Wildman–Crippen MR) is 170 cm³/mol. The number of aromatic nitrogens is 2. The van der Waals surface area contributed by atoms with Gasteiger partial charge in [0.15, 0.2) is 0 Å². The molecule has 1 saturated heterocycles. The Morgan fingerprint density at radius 1 is 0.930 bits per heavy atom. The van der Waals surface area contributed by atoms with Gasteiger partial charge in [-0.05, 0) is 79.0 Å². The average Bonchev–Trinajstić information content (AvgIpc) is 3.39. The lowest BCUT2D eigenvalue weighted by atomic mass is 9.81. The molecule has 3 amide bonds. The average molecular weight is 583 g/mol. The highest BCUT2D eigenvalue weighted by Crippen LogP contribution is 2.28. The van der Waals surface area contributed by atoms with Crippen molar-refractivity contribution in [2.75, 3.05) is 26.2 Å². The van der Waals surface area contributed by atoms with Crippen LogP contribution in [0.1, 0.15) is 50.1 Å². The van der Waals surface area contributed by atoms with Gasteiger partial charge in [0.2, 0.25) is 5.91 Å². The number of carbonyl (C=O) groups excluding carboxylic acids is 2. The fraction of sp³-hybridized carbons (Fsp3) is 0.441. The van der Waals surface area contributed by atoms with E-state index in [0.29, 0.717) is 57.3 Å². The van der Waals surface area contributed by atoms with E-state index in [2.05, 4.69) is 33.8 Å². The molecule has 9 nitrogen and oxygen atoms in total. The number of benzene rings is 3. The molecular weight excluding hydrogens is 540 g/mol. The first kappa shape index (κ1) is 29.0. The van der Waals surface area contributed by atoms with Gasteiger partial charge in [0.1, 0.15) is 6.04 Å². The van der Waals surface area contributed by atoms with Crippen LogP contribution in [0.5, 0.6) is 0 Å². The number of urea groups is 1. The normalized spacial score (nSPS) is 20.3. The molecule has 0 spiro atoms. The first-order valence-corrected chi connectivity index (χ1v) is 15.7. The molecule has 2 aliphatic rings. The molecule has 1 aliphatic carbocycles. The zero-order chi connectivity index (χ0) is 29.8. The summed E-state index contributed by atoms with van der Waals surface area (Å²) in [5.74, 6) is 0.772. The summed E-state index contributed by atoms with van der Waals surface area (Å²) in [4.78, 5) is 44.7. The second-order valence-corrected chi connectivity index (χ2v) is 12.3. The Morgan fingerprint density at radius 2 is 1.67 bits per heavy atom. The number of nitrogens with one attached hydrogen (secondary N) is 3. The molecule has 4 aromatic rings. The Kier molecular flexibility index (Phi) is 8.79. The van der Waals surface area contributed by atoms with E-state index in [9.17, 15) is 14.4 Å². The summed E-state index contributed by atoms with van der Waals surface area (Å²) in [6, 6.07) is 21.0. The molecule has 43 heavy (non-hydrogen) atoms. The third kappa shape index (κ3) is 6.46. The van der Waals surface area contributed by atoms with Gasteiger partial charge in [-0.2, -0.15) is 0 Å². The molecule has 6 rings (SSSR count). The van der Waals surface area contributed by atoms with E-state index < -0.39 is 6.04 Å². The minimum atomic E-state index is -0.707. The standard InChI is InChI=1S/C34H42N6O3/c35-21-23-7-5-8-24(19-23)22-36-32(41)30(20-26-11-6-10-25-9-1-2-12-28(25)26)38-33(42)39-17-15-27(16-18-39)40-31-14-4-3-13-29(31)37-34(40)43/h1-4,6,9-14,23-24,27,30H,5,7-8,15-22,35H2,(H,36,41)(H,37,43)(H,38,42). The molecule has 1 aliphatic heterocycles. The van der Waals surface area contributed by atoms with E-state index in [-0.39, 0.29) is 23.7 Å². The van der Waals surface area contributed by atoms with Crippen molar-refractivity contribution in [1.29, 1.82) is 0 Å². The van der Waals surface area contributed by atoms with Crippen molar-refractivity contribution in [3.8, 4) is 0 Å². The molecule has 3 atom stereocenters. The van der Waals surface area contributed by atoms with Crippen LogP contribution in [0.4, 0.5) is 4.79 Å². The third-order valence-corrected chi connectivity index (χ3v) is 9.45. The Balaban J connectivity index is 1.14. The number of nitrogens with zero attached hydrogens (tertiary/aromatic N) is 2. The lowest BCUT2D eigenvalue weighted by Gasteiger charge is -2.34. The number of fused-ring (bicyclic) bond motifs is 2. The number of carbonyl (C=O) groups is 2. The van der Waals surface area contributed by atoms with Gasteiger partial charge in [0.05, 0.1) is 11.0 Å². The zero-order valence-corrected chi connectivity index (χ0v) is 24.6. The molecule has 5 N–H and O–H groups in total.